The molecule has 0 fully saturated rings. The second-order valence-electron chi connectivity index (χ2n) is 6.96. The van der Waals surface area contributed by atoms with Crippen molar-refractivity contribution in [2.45, 2.75) is 26.1 Å². The van der Waals surface area contributed by atoms with Crippen molar-refractivity contribution >= 4 is 23.3 Å². The Morgan fingerprint density at radius 1 is 1.13 bits per heavy atom. The smallest absolute Gasteiger partial charge is 0.338 e. The summed E-state index contributed by atoms with van der Waals surface area (Å²) < 4.78 is 16.3. The van der Waals surface area contributed by atoms with Crippen molar-refractivity contribution in [3.05, 3.63) is 82.0 Å². The highest BCUT2D eigenvalue weighted by Crippen LogP contribution is 2.29. The van der Waals surface area contributed by atoms with E-state index in [2.05, 4.69) is 15.5 Å². The number of furan rings is 2. The van der Waals surface area contributed by atoms with E-state index in [1.807, 2.05) is 29.6 Å². The molecule has 0 saturated carbocycles. The number of hydrogen-bond acceptors (Lipinski definition) is 7. The molecule has 2 N–H and O–H groups in total. The van der Waals surface area contributed by atoms with Crippen LogP contribution in [0.1, 0.15) is 29.4 Å². The Morgan fingerprint density at radius 3 is 2.65 bits per heavy atom. The number of ether oxygens (including phenoxy) is 1. The molecule has 3 aromatic heterocycles. The van der Waals surface area contributed by atoms with Crippen LogP contribution in [0.4, 0.5) is 4.79 Å². The van der Waals surface area contributed by atoms with Crippen LogP contribution in [0.25, 0.3) is 0 Å². The van der Waals surface area contributed by atoms with Crippen LogP contribution in [0.5, 0.6) is 0 Å². The van der Waals surface area contributed by atoms with E-state index in [9.17, 15) is 9.59 Å². The molecule has 0 saturated heterocycles. The van der Waals surface area contributed by atoms with Gasteiger partial charge in [0.2, 0.25) is 0 Å². The van der Waals surface area contributed by atoms with Gasteiger partial charge in [-0.1, -0.05) is 6.07 Å². The van der Waals surface area contributed by atoms with Crippen LogP contribution in [0.3, 0.4) is 0 Å². The highest BCUT2D eigenvalue weighted by atomic mass is 32.1. The summed E-state index contributed by atoms with van der Waals surface area (Å²) in [6.45, 7) is 3.43. The Kier molecular flexibility index (Phi) is 6.54. The number of esters is 1. The number of carbonyl (C=O) groups excluding carboxylic acids is 2. The molecule has 3 aromatic rings. The molecule has 1 aliphatic heterocycles. The lowest BCUT2D eigenvalue weighted by molar-refractivity contribution is -0.139. The number of urea groups is 1. The maximum absolute atomic E-state index is 12.9. The quantitative estimate of drug-likeness (QED) is 0.490. The average Bonchev–Trinajstić information content (AvgIpc) is 3.51. The Balaban J connectivity index is 1.68. The minimum absolute atomic E-state index is 0.222. The molecular formula is C22H23N3O5S. The van der Waals surface area contributed by atoms with Gasteiger partial charge in [0.1, 0.15) is 17.6 Å². The predicted octanol–water partition coefficient (Wildman–Crippen LogP) is 3.81. The number of nitrogens with one attached hydrogen (secondary N) is 2. The summed E-state index contributed by atoms with van der Waals surface area (Å²) in [4.78, 5) is 28.6. The van der Waals surface area contributed by atoms with Crippen LogP contribution in [0, 0.1) is 0 Å². The van der Waals surface area contributed by atoms with Crippen LogP contribution in [0.15, 0.2) is 74.4 Å². The zero-order valence-electron chi connectivity index (χ0n) is 17.0. The van der Waals surface area contributed by atoms with Crippen molar-refractivity contribution < 1.29 is 23.2 Å². The first-order chi connectivity index (χ1) is 15.1. The molecule has 1 atom stereocenters. The highest BCUT2D eigenvalue weighted by molar-refractivity contribution is 7.09. The number of amides is 2. The summed E-state index contributed by atoms with van der Waals surface area (Å²) >= 11 is 1.65. The van der Waals surface area contributed by atoms with Gasteiger partial charge < -0.3 is 24.2 Å². The van der Waals surface area contributed by atoms with Crippen molar-refractivity contribution in [3.63, 3.8) is 0 Å². The fourth-order valence-electron chi connectivity index (χ4n) is 3.50. The lowest BCUT2D eigenvalue weighted by atomic mass is 9.99. The van der Waals surface area contributed by atoms with Crippen LogP contribution in [0.2, 0.25) is 0 Å². The van der Waals surface area contributed by atoms with E-state index in [1.54, 1.807) is 36.7 Å². The lowest BCUT2D eigenvalue weighted by Gasteiger charge is -2.30. The summed E-state index contributed by atoms with van der Waals surface area (Å²) in [5.41, 5.74) is 0.804. The van der Waals surface area contributed by atoms with Gasteiger partial charge in [-0.25, -0.2) is 9.59 Å². The normalized spacial score (nSPS) is 16.3. The third kappa shape index (κ3) is 5.07. The van der Waals surface area contributed by atoms with Gasteiger partial charge in [-0.15, -0.1) is 11.3 Å². The van der Waals surface area contributed by atoms with Crippen molar-refractivity contribution in [1.82, 2.24) is 15.5 Å². The number of carbonyl (C=O) groups is 2. The lowest BCUT2D eigenvalue weighted by Crippen LogP contribution is -2.48. The minimum Gasteiger partial charge on any atom is -0.468 e. The van der Waals surface area contributed by atoms with Crippen molar-refractivity contribution in [2.24, 2.45) is 0 Å². The maximum atomic E-state index is 12.9. The zero-order chi connectivity index (χ0) is 21.6. The Hall–Kier alpha value is -3.30. The van der Waals surface area contributed by atoms with Gasteiger partial charge in [0.15, 0.2) is 0 Å². The number of thiophene rings is 1. The molecule has 162 valence electrons. The molecule has 2 amide bonds. The van der Waals surface area contributed by atoms with Crippen molar-refractivity contribution in [2.75, 3.05) is 13.2 Å². The monoisotopic (exact) mass is 441 g/mol. The molecule has 31 heavy (non-hydrogen) atoms. The largest absolute Gasteiger partial charge is 0.468 e. The van der Waals surface area contributed by atoms with E-state index in [1.165, 1.54) is 6.26 Å². The van der Waals surface area contributed by atoms with Crippen LogP contribution < -0.4 is 10.6 Å². The third-order valence-electron chi connectivity index (χ3n) is 4.78. The molecule has 0 spiro atoms. The summed E-state index contributed by atoms with van der Waals surface area (Å²) in [6, 6.07) is 10.1. The summed E-state index contributed by atoms with van der Waals surface area (Å²) in [5.74, 6) is 0.754. The molecule has 0 bridgehead atoms. The standard InChI is InChI=1S/C22H23N3O5S/c1-2-28-21(26)19-17(23-22(27)24-20(19)18-8-4-10-30-18)14-25(12-15-6-3-9-29-15)13-16-7-5-11-31-16/h3-11,20H,2,12-14H2,1H3,(H2,23,24,27). The van der Waals surface area contributed by atoms with E-state index in [0.717, 1.165) is 10.6 Å². The minimum atomic E-state index is -0.731. The second-order valence-corrected chi connectivity index (χ2v) is 8.00. The fraction of sp³-hybridized carbons (Fsp3) is 0.273. The summed E-state index contributed by atoms with van der Waals surface area (Å²) in [6.07, 6.45) is 3.13. The van der Waals surface area contributed by atoms with Crippen molar-refractivity contribution in [1.29, 1.82) is 0 Å². The molecule has 1 unspecified atom stereocenters. The first kappa shape index (κ1) is 21.0. The topological polar surface area (TPSA) is 97.0 Å². The summed E-state index contributed by atoms with van der Waals surface area (Å²) in [7, 11) is 0. The second kappa shape index (κ2) is 9.67. The Morgan fingerprint density at radius 2 is 1.97 bits per heavy atom. The SMILES string of the molecule is CCOC(=O)C1=C(CN(Cc2ccco2)Cc2cccs2)NC(=O)NC1c1ccco1. The Labute approximate surface area is 183 Å². The average molecular weight is 442 g/mol. The molecule has 0 aliphatic carbocycles. The van der Waals surface area contributed by atoms with Crippen molar-refractivity contribution in [3.8, 4) is 0 Å². The molecule has 8 nitrogen and oxygen atoms in total. The molecule has 0 radical (unpaired) electrons. The van der Waals surface area contributed by atoms with Crippen LogP contribution in [-0.2, 0) is 22.6 Å². The molecule has 1 aliphatic rings. The first-order valence-electron chi connectivity index (χ1n) is 9.92. The van der Waals surface area contributed by atoms with Gasteiger partial charge in [0.25, 0.3) is 0 Å². The number of nitrogens with zero attached hydrogens (tertiary/aromatic N) is 1. The highest BCUT2D eigenvalue weighted by Gasteiger charge is 2.35. The van der Waals surface area contributed by atoms with Gasteiger partial charge in [-0.2, -0.15) is 0 Å². The van der Waals surface area contributed by atoms with Crippen LogP contribution in [-0.4, -0.2) is 30.1 Å². The predicted molar refractivity (Wildman–Crippen MR) is 114 cm³/mol. The first-order valence-corrected chi connectivity index (χ1v) is 10.8. The summed E-state index contributed by atoms with van der Waals surface area (Å²) in [5, 5.41) is 7.59. The molecular weight excluding hydrogens is 418 g/mol. The fourth-order valence-corrected chi connectivity index (χ4v) is 4.24. The van der Waals surface area contributed by atoms with Gasteiger partial charge >= 0.3 is 12.0 Å². The van der Waals surface area contributed by atoms with Gasteiger partial charge in [-0.05, 0) is 42.6 Å². The number of hydrogen-bond donors (Lipinski definition) is 2. The van der Waals surface area contributed by atoms with Gasteiger partial charge in [0.05, 0.1) is 31.3 Å². The van der Waals surface area contributed by atoms with E-state index >= 15 is 0 Å². The van der Waals surface area contributed by atoms with E-state index in [-0.39, 0.29) is 6.61 Å². The molecule has 4 rings (SSSR count). The Bertz CT molecular complexity index is 989. The molecule has 4 heterocycles. The number of rotatable bonds is 9. The van der Waals surface area contributed by atoms with Gasteiger partial charge in [-0.3, -0.25) is 4.90 Å². The molecule has 0 aromatic carbocycles. The maximum Gasteiger partial charge on any atom is 0.338 e. The van der Waals surface area contributed by atoms with E-state index < -0.39 is 18.0 Å². The van der Waals surface area contributed by atoms with Crippen LogP contribution >= 0.6 is 11.3 Å². The van der Waals surface area contributed by atoms with Gasteiger partial charge in [0, 0.05) is 23.7 Å². The molecule has 9 heteroatoms. The van der Waals surface area contributed by atoms with E-state index in [0.29, 0.717) is 36.7 Å². The zero-order valence-corrected chi connectivity index (χ0v) is 17.8. The van der Waals surface area contributed by atoms with E-state index in [4.69, 9.17) is 13.6 Å². The third-order valence-corrected chi connectivity index (χ3v) is 5.64.